The van der Waals surface area contributed by atoms with Crippen molar-refractivity contribution >= 4 is 68.4 Å². The van der Waals surface area contributed by atoms with Gasteiger partial charge in [-0.3, -0.25) is 4.79 Å². The van der Waals surface area contributed by atoms with Gasteiger partial charge in [0.05, 0.1) is 19.8 Å². The van der Waals surface area contributed by atoms with E-state index < -0.39 is 0 Å². The SMILES string of the molecule is O=C(CN1C(=S)c2cccc3c(N4CCCC4)ccc(c23)C1=S)NCCOCCOCCCCCCCl. The summed E-state index contributed by atoms with van der Waals surface area (Å²) in [6.07, 6.45) is 6.84. The number of ether oxygens (including phenoxy) is 2. The molecule has 0 aliphatic carbocycles. The molecule has 0 radical (unpaired) electrons. The maximum atomic E-state index is 12.7. The normalized spacial score (nSPS) is 15.2. The molecule has 2 aliphatic heterocycles. The van der Waals surface area contributed by atoms with Gasteiger partial charge in [-0.05, 0) is 37.8 Å². The molecule has 0 bridgehead atoms. The molecule has 37 heavy (non-hydrogen) atoms. The number of hydrogen-bond acceptors (Lipinski definition) is 6. The molecular formula is C28H36ClN3O3S2. The van der Waals surface area contributed by atoms with Crippen molar-refractivity contribution in [1.29, 1.82) is 0 Å². The highest BCUT2D eigenvalue weighted by molar-refractivity contribution is 7.82. The Bertz CT molecular complexity index is 1090. The van der Waals surface area contributed by atoms with E-state index >= 15 is 0 Å². The van der Waals surface area contributed by atoms with E-state index in [0.29, 0.717) is 36.3 Å². The van der Waals surface area contributed by atoms with Gasteiger partial charge < -0.3 is 24.6 Å². The van der Waals surface area contributed by atoms with Crippen molar-refractivity contribution in [2.24, 2.45) is 0 Å². The van der Waals surface area contributed by atoms with E-state index in [1.807, 2.05) is 12.1 Å². The number of hydrogen-bond donors (Lipinski definition) is 1. The van der Waals surface area contributed by atoms with Gasteiger partial charge in [-0.25, -0.2) is 0 Å². The summed E-state index contributed by atoms with van der Waals surface area (Å²) in [5, 5.41) is 5.19. The van der Waals surface area contributed by atoms with Crippen molar-refractivity contribution in [3.63, 3.8) is 0 Å². The molecule has 1 fully saturated rings. The van der Waals surface area contributed by atoms with Crippen LogP contribution in [0.5, 0.6) is 0 Å². The van der Waals surface area contributed by atoms with Gasteiger partial charge in [-0.1, -0.05) is 55.5 Å². The fraction of sp³-hybridized carbons (Fsp3) is 0.536. The van der Waals surface area contributed by atoms with E-state index in [4.69, 9.17) is 45.5 Å². The van der Waals surface area contributed by atoms with Crippen molar-refractivity contribution < 1.29 is 14.3 Å². The van der Waals surface area contributed by atoms with E-state index in [9.17, 15) is 4.79 Å². The number of alkyl halides is 1. The van der Waals surface area contributed by atoms with Gasteiger partial charge in [0.2, 0.25) is 5.91 Å². The number of thiocarbonyl (C=S) groups is 2. The fourth-order valence-electron chi connectivity index (χ4n) is 4.94. The van der Waals surface area contributed by atoms with Crippen LogP contribution in [0.15, 0.2) is 30.3 Å². The Kier molecular flexibility index (Phi) is 10.9. The summed E-state index contributed by atoms with van der Waals surface area (Å²) in [5.74, 6) is 0.595. The van der Waals surface area contributed by atoms with E-state index in [2.05, 4.69) is 28.4 Å². The minimum absolute atomic E-state index is 0.0915. The molecule has 2 heterocycles. The third kappa shape index (κ3) is 7.18. The van der Waals surface area contributed by atoms with E-state index in [1.165, 1.54) is 23.9 Å². The number of halogens is 1. The van der Waals surface area contributed by atoms with Crippen LogP contribution in [-0.2, 0) is 14.3 Å². The average Bonchev–Trinajstić information content (AvgIpc) is 3.45. The number of unbranched alkanes of at least 4 members (excludes halogenated alkanes) is 3. The second-order valence-electron chi connectivity index (χ2n) is 9.43. The molecule has 200 valence electrons. The molecule has 2 aliphatic rings. The first-order chi connectivity index (χ1) is 18.1. The Balaban J connectivity index is 1.23. The van der Waals surface area contributed by atoms with E-state index in [0.717, 1.165) is 67.8 Å². The molecule has 2 aromatic rings. The van der Waals surface area contributed by atoms with Crippen molar-refractivity contribution in [1.82, 2.24) is 10.2 Å². The second-order valence-corrected chi connectivity index (χ2v) is 10.6. The lowest BCUT2D eigenvalue weighted by Crippen LogP contribution is -2.46. The highest BCUT2D eigenvalue weighted by Crippen LogP contribution is 2.37. The van der Waals surface area contributed by atoms with Crippen LogP contribution in [0.2, 0.25) is 0 Å². The molecule has 9 heteroatoms. The van der Waals surface area contributed by atoms with E-state index in [1.54, 1.807) is 4.90 Å². The zero-order valence-electron chi connectivity index (χ0n) is 21.3. The zero-order chi connectivity index (χ0) is 26.0. The minimum Gasteiger partial charge on any atom is -0.379 e. The number of anilines is 1. The maximum absolute atomic E-state index is 12.7. The molecule has 0 aromatic heterocycles. The number of carbonyl (C=O) groups excluding carboxylic acids is 1. The van der Waals surface area contributed by atoms with E-state index in [-0.39, 0.29) is 12.5 Å². The Hall–Kier alpha value is -1.84. The lowest BCUT2D eigenvalue weighted by molar-refractivity contribution is -0.121. The number of carbonyl (C=O) groups is 1. The van der Waals surface area contributed by atoms with Gasteiger partial charge >= 0.3 is 0 Å². The molecular weight excluding hydrogens is 526 g/mol. The third-order valence-electron chi connectivity index (χ3n) is 6.83. The molecule has 6 nitrogen and oxygen atoms in total. The molecule has 1 N–H and O–H groups in total. The Labute approximate surface area is 235 Å². The average molecular weight is 562 g/mol. The van der Waals surface area contributed by atoms with Crippen molar-refractivity contribution in [3.05, 3.63) is 41.5 Å². The highest BCUT2D eigenvalue weighted by atomic mass is 35.5. The van der Waals surface area contributed by atoms with Crippen molar-refractivity contribution in [2.45, 2.75) is 38.5 Å². The molecule has 0 atom stereocenters. The number of rotatable bonds is 15. The van der Waals surface area contributed by atoms with Crippen LogP contribution < -0.4 is 10.2 Å². The summed E-state index contributed by atoms with van der Waals surface area (Å²) in [4.78, 5) is 18.1. The first-order valence-corrected chi connectivity index (χ1v) is 14.6. The molecule has 0 saturated carbocycles. The number of nitrogens with zero attached hydrogens (tertiary/aromatic N) is 2. The fourth-order valence-corrected chi connectivity index (χ4v) is 5.84. The molecule has 1 saturated heterocycles. The zero-order valence-corrected chi connectivity index (χ0v) is 23.7. The molecule has 0 unspecified atom stereocenters. The summed E-state index contributed by atoms with van der Waals surface area (Å²) in [7, 11) is 0. The monoisotopic (exact) mass is 561 g/mol. The van der Waals surface area contributed by atoms with Gasteiger partial charge in [-0.15, -0.1) is 11.6 Å². The Morgan fingerprint density at radius 3 is 2.35 bits per heavy atom. The summed E-state index contributed by atoms with van der Waals surface area (Å²) < 4.78 is 11.1. The first-order valence-electron chi connectivity index (χ1n) is 13.3. The van der Waals surface area contributed by atoms with Gasteiger partial charge in [-0.2, -0.15) is 0 Å². The molecule has 4 rings (SSSR count). The van der Waals surface area contributed by atoms with Gasteiger partial charge in [0, 0.05) is 59.7 Å². The maximum Gasteiger partial charge on any atom is 0.240 e. The van der Waals surface area contributed by atoms with Crippen LogP contribution >= 0.6 is 36.0 Å². The topological polar surface area (TPSA) is 54.0 Å². The Morgan fingerprint density at radius 2 is 1.59 bits per heavy atom. The number of benzene rings is 2. The van der Waals surface area contributed by atoms with Crippen molar-refractivity contribution in [2.75, 3.05) is 63.4 Å². The molecule has 1 amide bonds. The van der Waals surface area contributed by atoms with Crippen LogP contribution in [0.25, 0.3) is 10.8 Å². The summed E-state index contributed by atoms with van der Waals surface area (Å²) >= 11 is 17.3. The predicted molar refractivity (Wildman–Crippen MR) is 159 cm³/mol. The van der Waals surface area contributed by atoms with Gasteiger partial charge in [0.15, 0.2) is 0 Å². The van der Waals surface area contributed by atoms with Crippen molar-refractivity contribution in [3.8, 4) is 0 Å². The lowest BCUT2D eigenvalue weighted by Gasteiger charge is -2.32. The smallest absolute Gasteiger partial charge is 0.240 e. The highest BCUT2D eigenvalue weighted by Gasteiger charge is 2.30. The van der Waals surface area contributed by atoms with Crippen LogP contribution in [0.3, 0.4) is 0 Å². The van der Waals surface area contributed by atoms with Gasteiger partial charge in [0.25, 0.3) is 0 Å². The largest absolute Gasteiger partial charge is 0.379 e. The third-order valence-corrected chi connectivity index (χ3v) is 7.98. The van der Waals surface area contributed by atoms with Crippen LogP contribution in [0.4, 0.5) is 5.69 Å². The van der Waals surface area contributed by atoms with Crippen LogP contribution in [-0.4, -0.2) is 79.3 Å². The van der Waals surface area contributed by atoms with Gasteiger partial charge in [0.1, 0.15) is 16.5 Å². The minimum atomic E-state index is -0.134. The molecule has 0 spiro atoms. The quantitative estimate of drug-likeness (QED) is 0.185. The number of amides is 1. The number of nitrogens with one attached hydrogen (secondary N) is 1. The lowest BCUT2D eigenvalue weighted by atomic mass is 9.93. The standard InChI is InChI=1S/C28H36ClN3O3S2/c29-12-3-1-2-6-16-34-18-19-35-17-13-30-25(33)20-32-27(36)22-9-7-8-21-24(31-14-4-5-15-31)11-10-23(26(21)22)28(32)37/h7-11H,1-6,12-20H2,(H,30,33). The van der Waals surface area contributed by atoms with Crippen LogP contribution in [0.1, 0.15) is 49.7 Å². The molecule has 2 aromatic carbocycles. The summed E-state index contributed by atoms with van der Waals surface area (Å²) in [6.45, 7) is 4.92. The predicted octanol–water partition coefficient (Wildman–Crippen LogP) is 5.06. The Morgan fingerprint density at radius 1 is 0.892 bits per heavy atom. The summed E-state index contributed by atoms with van der Waals surface area (Å²) in [6, 6.07) is 10.5. The second kappa shape index (κ2) is 14.4. The first kappa shape index (κ1) is 28.2. The van der Waals surface area contributed by atoms with Crippen LogP contribution in [0, 0.1) is 0 Å². The summed E-state index contributed by atoms with van der Waals surface area (Å²) in [5.41, 5.74) is 3.17.